The van der Waals surface area contributed by atoms with Crippen molar-refractivity contribution >= 4 is 34.4 Å². The minimum Gasteiger partial charge on any atom is -0.769 e. The molecule has 1 aliphatic carbocycles. The van der Waals surface area contributed by atoms with E-state index < -0.39 is 5.23 Å². The van der Waals surface area contributed by atoms with Crippen molar-refractivity contribution in [2.75, 3.05) is 15.9 Å². The van der Waals surface area contributed by atoms with Crippen LogP contribution in [-0.2, 0) is 0 Å². The number of anilines is 3. The Hall–Kier alpha value is -2.36. The van der Waals surface area contributed by atoms with E-state index in [0.717, 1.165) is 17.2 Å². The Labute approximate surface area is 135 Å². The molecule has 0 bridgehead atoms. The Bertz CT molecular complexity index is 766. The van der Waals surface area contributed by atoms with Crippen molar-refractivity contribution in [1.29, 1.82) is 0 Å². The van der Waals surface area contributed by atoms with Crippen molar-refractivity contribution in [3.8, 4) is 0 Å². The van der Waals surface area contributed by atoms with Gasteiger partial charge in [-0.3, -0.25) is 15.8 Å². The predicted octanol–water partition coefficient (Wildman–Crippen LogP) is 3.18. The number of hydrogen-bond acceptors (Lipinski definition) is 8. The minimum atomic E-state index is -0.639. The third-order valence-corrected chi connectivity index (χ3v) is 3.90. The summed E-state index contributed by atoms with van der Waals surface area (Å²) < 4.78 is 0. The zero-order chi connectivity index (χ0) is 16.6. The Morgan fingerprint density at radius 1 is 1.13 bits per heavy atom. The number of nitrogens with one attached hydrogen (secondary N) is 1. The lowest BCUT2D eigenvalue weighted by atomic mass is 9.86. The fourth-order valence-corrected chi connectivity index (χ4v) is 2.64. The lowest BCUT2D eigenvalue weighted by Gasteiger charge is -2.38. The highest BCUT2D eigenvalue weighted by Crippen LogP contribution is 2.39. The van der Waals surface area contributed by atoms with Crippen molar-refractivity contribution in [1.82, 2.24) is 0 Å². The van der Waals surface area contributed by atoms with Crippen LogP contribution in [0.2, 0.25) is 0 Å². The molecule has 3 rings (SSSR count). The molecule has 0 radical (unpaired) electrons. The summed E-state index contributed by atoms with van der Waals surface area (Å²) in [6.07, 6.45) is 0. The second-order valence-electron chi connectivity index (χ2n) is 4.81. The molecule has 23 heavy (non-hydrogen) atoms. The second kappa shape index (κ2) is 6.03. The second-order valence-corrected chi connectivity index (χ2v) is 5.24. The maximum atomic E-state index is 10.7. The van der Waals surface area contributed by atoms with Crippen LogP contribution >= 0.6 is 11.6 Å². The maximum absolute atomic E-state index is 10.7. The van der Waals surface area contributed by atoms with Crippen molar-refractivity contribution in [3.05, 3.63) is 64.0 Å². The molecular weight excluding hydrogens is 324 g/mol. The lowest BCUT2D eigenvalue weighted by molar-refractivity contribution is 0.0295. The van der Waals surface area contributed by atoms with Crippen LogP contribution < -0.4 is 15.9 Å². The Morgan fingerprint density at radius 3 is 2.57 bits per heavy atom. The molecule has 8 nitrogen and oxygen atoms in total. The molecule has 0 aromatic heterocycles. The highest BCUT2D eigenvalue weighted by molar-refractivity contribution is 6.40. The van der Waals surface area contributed by atoms with Gasteiger partial charge < -0.3 is 15.6 Å². The van der Waals surface area contributed by atoms with E-state index in [1.165, 1.54) is 12.1 Å². The molecule has 0 unspecified atom stereocenters. The van der Waals surface area contributed by atoms with Crippen LogP contribution in [0.4, 0.5) is 17.1 Å². The van der Waals surface area contributed by atoms with Crippen LogP contribution in [0.1, 0.15) is 16.5 Å². The first kappa shape index (κ1) is 15.5. The van der Waals surface area contributed by atoms with E-state index >= 15 is 0 Å². The van der Waals surface area contributed by atoms with Gasteiger partial charge >= 0.3 is 0 Å². The largest absolute Gasteiger partial charge is 0.769 e. The predicted molar refractivity (Wildman–Crippen MR) is 86.9 cm³/mol. The molecule has 0 saturated carbocycles. The van der Waals surface area contributed by atoms with Gasteiger partial charge in [-0.15, -0.1) is 16.8 Å². The first-order chi connectivity index (χ1) is 11.0. The Balaban J connectivity index is 1.88. The number of hydrogen-bond donors (Lipinski definition) is 3. The summed E-state index contributed by atoms with van der Waals surface area (Å²) in [6, 6.07) is 11.1. The minimum absolute atomic E-state index is 0.182. The molecule has 1 aliphatic rings. The fourth-order valence-electron chi connectivity index (χ4n) is 2.29. The highest BCUT2D eigenvalue weighted by atomic mass is 35.5. The Morgan fingerprint density at radius 2 is 1.87 bits per heavy atom. The van der Waals surface area contributed by atoms with E-state index in [2.05, 4.69) is 10.5 Å². The molecule has 9 heteroatoms. The van der Waals surface area contributed by atoms with Crippen molar-refractivity contribution in [2.45, 2.75) is 5.38 Å². The fraction of sp³-hybridized carbons (Fsp3) is 0.0714. The summed E-state index contributed by atoms with van der Waals surface area (Å²) in [6.45, 7) is 0. The monoisotopic (exact) mass is 334 g/mol. The summed E-state index contributed by atoms with van der Waals surface area (Å²) in [4.78, 5) is 0. The first-order valence-electron chi connectivity index (χ1n) is 6.52. The smallest absolute Gasteiger partial charge is 0.121 e. The summed E-state index contributed by atoms with van der Waals surface area (Å²) in [5.41, 5.74) is 4.81. The average Bonchev–Trinajstić information content (AvgIpc) is 2.54. The molecule has 0 spiro atoms. The van der Waals surface area contributed by atoms with Gasteiger partial charge in [0.25, 0.3) is 0 Å². The molecule has 0 fully saturated rings. The lowest BCUT2D eigenvalue weighted by Crippen LogP contribution is -2.24. The quantitative estimate of drug-likeness (QED) is 0.580. The van der Waals surface area contributed by atoms with Crippen LogP contribution in [0.25, 0.3) is 0 Å². The van der Waals surface area contributed by atoms with E-state index in [4.69, 9.17) is 11.6 Å². The standard InChI is InChI=1S/C14H11ClN4O4/c15-13-9-3-1-2-4-10(9)14(13)17-16-11-6-5-8(18(20)21)7-12(11)19(22)23/h1-7,13,16,22-23H/q-2/t13-/m0/s1. The topological polar surface area (TPSA) is 117 Å². The molecule has 0 heterocycles. The van der Waals surface area contributed by atoms with Crippen molar-refractivity contribution in [3.63, 3.8) is 0 Å². The van der Waals surface area contributed by atoms with E-state index in [1.807, 2.05) is 24.3 Å². The summed E-state index contributed by atoms with van der Waals surface area (Å²) in [5, 5.41) is 42.9. The van der Waals surface area contributed by atoms with Crippen molar-refractivity contribution < 1.29 is 10.4 Å². The number of alkyl halides is 1. The highest BCUT2D eigenvalue weighted by Gasteiger charge is 2.31. The van der Waals surface area contributed by atoms with Crippen LogP contribution in [0.15, 0.2) is 47.6 Å². The number of nitrogens with zero attached hydrogens (tertiary/aromatic N) is 3. The van der Waals surface area contributed by atoms with Crippen LogP contribution in [0, 0.1) is 10.4 Å². The molecule has 2 aromatic rings. The van der Waals surface area contributed by atoms with E-state index in [0.29, 0.717) is 5.71 Å². The van der Waals surface area contributed by atoms with Crippen molar-refractivity contribution in [2.24, 2.45) is 5.10 Å². The van der Waals surface area contributed by atoms with Gasteiger partial charge in [0.15, 0.2) is 0 Å². The van der Waals surface area contributed by atoms with Gasteiger partial charge in [0, 0.05) is 11.3 Å². The molecule has 2 aromatic carbocycles. The molecule has 3 N–H and O–H groups in total. The molecular formula is C14H11ClN4O4-2. The number of benzene rings is 2. The van der Waals surface area contributed by atoms with E-state index in [-0.39, 0.29) is 27.7 Å². The Kier molecular flexibility index (Phi) is 4.07. The number of halogens is 1. The molecule has 1 atom stereocenters. The zero-order valence-electron chi connectivity index (χ0n) is 11.5. The number of fused-ring (bicyclic) bond motifs is 1. The summed E-state index contributed by atoms with van der Waals surface area (Å²) in [5.74, 6) is 0. The molecule has 0 amide bonds. The van der Waals surface area contributed by atoms with Crippen LogP contribution in [0.5, 0.6) is 0 Å². The molecule has 0 saturated heterocycles. The van der Waals surface area contributed by atoms with Gasteiger partial charge in [0.1, 0.15) is 11.1 Å². The molecule has 0 aliphatic heterocycles. The van der Waals surface area contributed by atoms with Gasteiger partial charge in [-0.1, -0.05) is 24.3 Å². The number of rotatable bonds is 4. The number of hydrazone groups is 1. The van der Waals surface area contributed by atoms with E-state index in [9.17, 15) is 20.8 Å². The van der Waals surface area contributed by atoms with Crippen LogP contribution in [-0.4, -0.2) is 16.1 Å². The average molecular weight is 335 g/mol. The van der Waals surface area contributed by atoms with Gasteiger partial charge in [0.05, 0.1) is 11.4 Å². The normalized spacial score (nSPS) is 17.4. The molecule has 120 valence electrons. The maximum Gasteiger partial charge on any atom is 0.121 e. The van der Waals surface area contributed by atoms with E-state index in [1.54, 1.807) is 0 Å². The van der Waals surface area contributed by atoms with Gasteiger partial charge in [0.2, 0.25) is 0 Å². The third-order valence-electron chi connectivity index (χ3n) is 3.45. The van der Waals surface area contributed by atoms with Crippen LogP contribution in [0.3, 0.4) is 0 Å². The summed E-state index contributed by atoms with van der Waals surface area (Å²) in [7, 11) is 0. The van der Waals surface area contributed by atoms with Gasteiger partial charge in [-0.2, -0.15) is 5.10 Å². The SMILES string of the molecule is [O-]N([O-])c1ccc(NN=C2c3ccccc3[C@@H]2Cl)c(N(O)O)c1. The first-order valence-corrected chi connectivity index (χ1v) is 6.96. The van der Waals surface area contributed by atoms with Gasteiger partial charge in [-0.05, 0) is 23.8 Å². The third kappa shape index (κ3) is 2.81. The zero-order valence-corrected chi connectivity index (χ0v) is 12.3. The summed E-state index contributed by atoms with van der Waals surface area (Å²) >= 11 is 6.21. The van der Waals surface area contributed by atoms with Gasteiger partial charge in [-0.25, -0.2) is 0 Å².